The minimum Gasteiger partial charge on any atom is -0.481 e. The molecule has 0 aliphatic heterocycles. The minimum absolute atomic E-state index is 0.0189. The SMILES string of the molecule is CCCC(=O)Nc1ccc(NC(=O)C(C)Oc2ccc(-c3ccccc3)cc2)cc1. The number of carbonyl (C=O) groups excluding carboxylic acids is 2. The van der Waals surface area contributed by atoms with E-state index < -0.39 is 6.10 Å². The van der Waals surface area contributed by atoms with Crippen LogP contribution in [0.5, 0.6) is 5.75 Å². The van der Waals surface area contributed by atoms with Gasteiger partial charge >= 0.3 is 0 Å². The molecule has 154 valence electrons. The maximum Gasteiger partial charge on any atom is 0.265 e. The zero-order chi connectivity index (χ0) is 21.3. The first-order valence-corrected chi connectivity index (χ1v) is 10.1. The summed E-state index contributed by atoms with van der Waals surface area (Å²) in [6.45, 7) is 3.67. The van der Waals surface area contributed by atoms with Gasteiger partial charge in [-0.1, -0.05) is 49.4 Å². The fourth-order valence-corrected chi connectivity index (χ4v) is 2.95. The molecule has 0 fully saturated rings. The fourth-order valence-electron chi connectivity index (χ4n) is 2.95. The highest BCUT2D eigenvalue weighted by atomic mass is 16.5. The van der Waals surface area contributed by atoms with Gasteiger partial charge in [0.1, 0.15) is 5.75 Å². The molecule has 0 aliphatic carbocycles. The Morgan fingerprint density at radius 3 is 1.97 bits per heavy atom. The predicted octanol–water partition coefficient (Wildman–Crippen LogP) is 5.50. The summed E-state index contributed by atoms with van der Waals surface area (Å²) in [6.07, 6.45) is 0.628. The Morgan fingerprint density at radius 2 is 1.37 bits per heavy atom. The van der Waals surface area contributed by atoms with Crippen LogP contribution in [0.25, 0.3) is 11.1 Å². The van der Waals surface area contributed by atoms with E-state index in [0.717, 1.165) is 17.5 Å². The van der Waals surface area contributed by atoms with Gasteiger partial charge in [0.2, 0.25) is 5.91 Å². The van der Waals surface area contributed by atoms with Crippen LogP contribution in [-0.2, 0) is 9.59 Å². The zero-order valence-electron chi connectivity index (χ0n) is 17.2. The second-order valence-corrected chi connectivity index (χ2v) is 7.02. The highest BCUT2D eigenvalue weighted by molar-refractivity contribution is 5.95. The van der Waals surface area contributed by atoms with Crippen LogP contribution in [0, 0.1) is 0 Å². The van der Waals surface area contributed by atoms with E-state index in [-0.39, 0.29) is 11.8 Å². The number of hydrogen-bond acceptors (Lipinski definition) is 3. The molecule has 5 heteroatoms. The smallest absolute Gasteiger partial charge is 0.265 e. The Hall–Kier alpha value is -3.60. The van der Waals surface area contributed by atoms with Gasteiger partial charge in [-0.2, -0.15) is 0 Å². The molecule has 2 amide bonds. The monoisotopic (exact) mass is 402 g/mol. The Morgan fingerprint density at radius 1 is 0.800 bits per heavy atom. The Labute approximate surface area is 177 Å². The average Bonchev–Trinajstić information content (AvgIpc) is 2.76. The molecule has 3 aromatic rings. The van der Waals surface area contributed by atoms with Crippen molar-refractivity contribution in [3.63, 3.8) is 0 Å². The van der Waals surface area contributed by atoms with Crippen molar-refractivity contribution in [1.29, 1.82) is 0 Å². The normalized spacial score (nSPS) is 11.4. The van der Waals surface area contributed by atoms with Crippen LogP contribution < -0.4 is 15.4 Å². The number of hydrogen-bond donors (Lipinski definition) is 2. The van der Waals surface area contributed by atoms with E-state index >= 15 is 0 Å². The van der Waals surface area contributed by atoms with Gasteiger partial charge in [0, 0.05) is 17.8 Å². The molecule has 3 rings (SSSR count). The van der Waals surface area contributed by atoms with Crippen molar-refractivity contribution in [3.8, 4) is 16.9 Å². The lowest BCUT2D eigenvalue weighted by atomic mass is 10.1. The van der Waals surface area contributed by atoms with Gasteiger partial charge in [0.25, 0.3) is 5.91 Å². The summed E-state index contributed by atoms with van der Waals surface area (Å²) >= 11 is 0. The lowest BCUT2D eigenvalue weighted by molar-refractivity contribution is -0.122. The molecule has 0 saturated heterocycles. The van der Waals surface area contributed by atoms with E-state index in [1.807, 2.05) is 61.5 Å². The second kappa shape index (κ2) is 10.3. The van der Waals surface area contributed by atoms with E-state index in [9.17, 15) is 9.59 Å². The molecule has 30 heavy (non-hydrogen) atoms. The number of benzene rings is 3. The topological polar surface area (TPSA) is 67.4 Å². The number of amides is 2. The molecule has 3 aromatic carbocycles. The zero-order valence-corrected chi connectivity index (χ0v) is 17.2. The molecule has 0 spiro atoms. The van der Waals surface area contributed by atoms with Gasteiger partial charge in [0.15, 0.2) is 6.10 Å². The molecule has 0 saturated carbocycles. The van der Waals surface area contributed by atoms with Gasteiger partial charge in [0.05, 0.1) is 0 Å². The summed E-state index contributed by atoms with van der Waals surface area (Å²) in [5.74, 6) is 0.366. The third-order valence-corrected chi connectivity index (χ3v) is 4.56. The summed E-state index contributed by atoms with van der Waals surface area (Å²) in [7, 11) is 0. The van der Waals surface area contributed by atoms with Crippen molar-refractivity contribution in [2.75, 3.05) is 10.6 Å². The highest BCUT2D eigenvalue weighted by Gasteiger charge is 2.15. The summed E-state index contributed by atoms with van der Waals surface area (Å²) in [5.41, 5.74) is 3.56. The van der Waals surface area contributed by atoms with Crippen molar-refractivity contribution in [2.45, 2.75) is 32.8 Å². The molecule has 0 heterocycles. The van der Waals surface area contributed by atoms with E-state index in [2.05, 4.69) is 10.6 Å². The van der Waals surface area contributed by atoms with Crippen LogP contribution in [0.2, 0.25) is 0 Å². The third kappa shape index (κ3) is 5.95. The number of carbonyl (C=O) groups is 2. The molecular formula is C25H26N2O3. The van der Waals surface area contributed by atoms with Crippen LogP contribution >= 0.6 is 0 Å². The standard InChI is InChI=1S/C25H26N2O3/c1-3-7-24(28)26-21-12-14-22(15-13-21)27-25(29)18(2)30-23-16-10-20(11-17-23)19-8-5-4-6-9-19/h4-6,8-18H,3,7H2,1-2H3,(H,26,28)(H,27,29). The number of rotatable bonds is 8. The van der Waals surface area contributed by atoms with Crippen molar-refractivity contribution in [2.24, 2.45) is 0 Å². The summed E-state index contributed by atoms with van der Waals surface area (Å²) in [5, 5.41) is 5.65. The molecule has 0 aromatic heterocycles. The van der Waals surface area contributed by atoms with Crippen LogP contribution in [0.3, 0.4) is 0 Å². The molecular weight excluding hydrogens is 376 g/mol. The summed E-state index contributed by atoms with van der Waals surface area (Å²) in [4.78, 5) is 24.1. The third-order valence-electron chi connectivity index (χ3n) is 4.56. The largest absolute Gasteiger partial charge is 0.481 e. The van der Waals surface area contributed by atoms with Gasteiger partial charge in [-0.25, -0.2) is 0 Å². The predicted molar refractivity (Wildman–Crippen MR) is 121 cm³/mol. The molecule has 2 N–H and O–H groups in total. The van der Waals surface area contributed by atoms with Gasteiger partial charge in [-0.3, -0.25) is 9.59 Å². The Balaban J connectivity index is 1.54. The van der Waals surface area contributed by atoms with E-state index in [1.165, 1.54) is 0 Å². The quantitative estimate of drug-likeness (QED) is 0.523. The van der Waals surface area contributed by atoms with Crippen molar-refractivity contribution < 1.29 is 14.3 Å². The lowest BCUT2D eigenvalue weighted by Crippen LogP contribution is -2.30. The van der Waals surface area contributed by atoms with Gasteiger partial charge in [-0.05, 0) is 60.9 Å². The maximum absolute atomic E-state index is 12.4. The number of ether oxygens (including phenoxy) is 1. The van der Waals surface area contributed by atoms with Crippen molar-refractivity contribution >= 4 is 23.2 Å². The van der Waals surface area contributed by atoms with E-state index in [0.29, 0.717) is 23.5 Å². The van der Waals surface area contributed by atoms with Crippen molar-refractivity contribution in [1.82, 2.24) is 0 Å². The molecule has 5 nitrogen and oxygen atoms in total. The average molecular weight is 402 g/mol. The van der Waals surface area contributed by atoms with Gasteiger partial charge in [-0.15, -0.1) is 0 Å². The first-order chi connectivity index (χ1) is 14.5. The molecule has 1 atom stereocenters. The van der Waals surface area contributed by atoms with E-state index in [1.54, 1.807) is 31.2 Å². The van der Waals surface area contributed by atoms with Crippen LogP contribution in [0.4, 0.5) is 11.4 Å². The van der Waals surface area contributed by atoms with Crippen LogP contribution in [0.1, 0.15) is 26.7 Å². The van der Waals surface area contributed by atoms with Crippen LogP contribution in [-0.4, -0.2) is 17.9 Å². The first-order valence-electron chi connectivity index (χ1n) is 10.1. The number of nitrogens with one attached hydrogen (secondary N) is 2. The first kappa shape index (κ1) is 21.1. The van der Waals surface area contributed by atoms with Gasteiger partial charge < -0.3 is 15.4 Å². The maximum atomic E-state index is 12.4. The Bertz CT molecular complexity index is 968. The molecule has 0 aliphatic rings. The van der Waals surface area contributed by atoms with Crippen LogP contribution in [0.15, 0.2) is 78.9 Å². The molecule has 0 radical (unpaired) electrons. The van der Waals surface area contributed by atoms with E-state index in [4.69, 9.17) is 4.74 Å². The molecule has 1 unspecified atom stereocenters. The van der Waals surface area contributed by atoms with Crippen molar-refractivity contribution in [3.05, 3.63) is 78.9 Å². The minimum atomic E-state index is -0.656. The lowest BCUT2D eigenvalue weighted by Gasteiger charge is -2.15. The summed E-state index contributed by atoms with van der Waals surface area (Å²) < 4.78 is 5.77. The molecule has 0 bridgehead atoms. The number of anilines is 2. The Kier molecular flexibility index (Phi) is 7.22. The fraction of sp³-hybridized carbons (Fsp3) is 0.200. The second-order valence-electron chi connectivity index (χ2n) is 7.02. The highest BCUT2D eigenvalue weighted by Crippen LogP contribution is 2.23. The summed E-state index contributed by atoms with van der Waals surface area (Å²) in [6, 6.07) is 24.8.